The topological polar surface area (TPSA) is 0 Å². The molecule has 0 nitrogen and oxygen atoms in total. The minimum absolute atomic E-state index is 0. The van der Waals surface area contributed by atoms with Gasteiger partial charge in [0, 0.05) is 0 Å². The van der Waals surface area contributed by atoms with Gasteiger partial charge >= 0.3 is 0 Å². The molecule has 1 fully saturated rings. The van der Waals surface area contributed by atoms with Crippen molar-refractivity contribution in [1.29, 1.82) is 0 Å². The summed E-state index contributed by atoms with van der Waals surface area (Å²) in [7, 11) is 0. The first-order valence-electron chi connectivity index (χ1n) is 4.81. The van der Waals surface area contributed by atoms with E-state index in [1.54, 1.807) is 0 Å². The van der Waals surface area contributed by atoms with Crippen LogP contribution in [0, 0.1) is 5.92 Å². The fourth-order valence-corrected chi connectivity index (χ4v) is 1.31. The highest BCUT2D eigenvalue weighted by Crippen LogP contribution is 2.21. The van der Waals surface area contributed by atoms with Crippen molar-refractivity contribution in [3.63, 3.8) is 0 Å². The van der Waals surface area contributed by atoms with Crippen molar-refractivity contribution in [2.45, 2.75) is 66.7 Å². The molecule has 0 saturated heterocycles. The van der Waals surface area contributed by atoms with Gasteiger partial charge in [0.1, 0.15) is 0 Å². The molecule has 0 N–H and O–H groups in total. The summed E-state index contributed by atoms with van der Waals surface area (Å²) in [5, 5.41) is 0. The van der Waals surface area contributed by atoms with Crippen LogP contribution in [0.25, 0.3) is 0 Å². The van der Waals surface area contributed by atoms with E-state index in [0.29, 0.717) is 0 Å². The molecule has 0 aromatic rings. The van der Waals surface area contributed by atoms with Gasteiger partial charge < -0.3 is 0 Å². The Labute approximate surface area is 73.4 Å². The van der Waals surface area contributed by atoms with Crippen LogP contribution < -0.4 is 0 Å². The van der Waals surface area contributed by atoms with Crippen molar-refractivity contribution in [1.82, 2.24) is 0 Å². The van der Waals surface area contributed by atoms with Crippen molar-refractivity contribution in [3.05, 3.63) is 0 Å². The Hall–Kier alpha value is 0. The van der Waals surface area contributed by atoms with Gasteiger partial charge in [-0.25, -0.2) is 0 Å². The second-order valence-electron chi connectivity index (χ2n) is 3.45. The molecule has 70 valence electrons. The van der Waals surface area contributed by atoms with Crippen molar-refractivity contribution in [2.75, 3.05) is 0 Å². The van der Waals surface area contributed by atoms with E-state index < -0.39 is 0 Å². The zero-order valence-corrected chi connectivity index (χ0v) is 7.82. The van der Waals surface area contributed by atoms with Crippen LogP contribution in [0.5, 0.6) is 0 Å². The quantitative estimate of drug-likeness (QED) is 0.482. The maximum absolute atomic E-state index is 2.36. The first-order chi connectivity index (χ1) is 4.81. The molecule has 0 aromatic carbocycles. The molecule has 0 heterocycles. The van der Waals surface area contributed by atoms with Crippen molar-refractivity contribution < 1.29 is 0 Å². The van der Waals surface area contributed by atoms with Crippen LogP contribution in [0.15, 0.2) is 0 Å². The molecule has 1 rings (SSSR count). The lowest BCUT2D eigenvalue weighted by Crippen LogP contribution is -1.99. The summed E-state index contributed by atoms with van der Waals surface area (Å²) >= 11 is 0. The third kappa shape index (κ3) is 10.0. The lowest BCUT2D eigenvalue weighted by atomic mass is 9.91. The predicted octanol–water partition coefficient (Wildman–Crippen LogP) is 4.64. The molecule has 0 atom stereocenters. The average Bonchev–Trinajstić information content (AvgIpc) is 1.91. The fourth-order valence-electron chi connectivity index (χ4n) is 1.31. The van der Waals surface area contributed by atoms with Crippen molar-refractivity contribution in [3.8, 4) is 0 Å². The highest BCUT2D eigenvalue weighted by molar-refractivity contribution is 4.59. The van der Waals surface area contributed by atoms with Crippen LogP contribution in [0.2, 0.25) is 0 Å². The van der Waals surface area contributed by atoms with Crippen LogP contribution >= 0.6 is 0 Å². The Bertz CT molecular complexity index is 51.1. The van der Waals surface area contributed by atoms with Gasteiger partial charge in [0.2, 0.25) is 0 Å². The smallest absolute Gasteiger partial charge is 0.0443 e. The van der Waals surface area contributed by atoms with E-state index >= 15 is 0 Å². The van der Waals surface area contributed by atoms with Crippen LogP contribution in [0.1, 0.15) is 66.7 Å². The second kappa shape index (κ2) is 10.0. The monoisotopic (exact) mass is 158 g/mol. The first kappa shape index (κ1) is 13.6. The maximum Gasteiger partial charge on any atom is -0.0443 e. The molecule has 1 aliphatic rings. The summed E-state index contributed by atoms with van der Waals surface area (Å²) in [6.45, 7) is 6.61. The van der Waals surface area contributed by atoms with Gasteiger partial charge in [0.05, 0.1) is 0 Å². The molecule has 0 unspecified atom stereocenters. The van der Waals surface area contributed by atoms with Gasteiger partial charge in [0.25, 0.3) is 0 Å². The third-order valence-electron chi connectivity index (χ3n) is 1.89. The number of rotatable bonds is 0. The summed E-state index contributed by atoms with van der Waals surface area (Å²) in [6, 6.07) is 0. The van der Waals surface area contributed by atoms with Crippen molar-refractivity contribution in [2.24, 2.45) is 5.92 Å². The first-order valence-corrected chi connectivity index (χ1v) is 4.81. The zero-order chi connectivity index (χ0) is 7.82. The van der Waals surface area contributed by atoms with E-state index in [9.17, 15) is 0 Å². The predicted molar refractivity (Wildman–Crippen MR) is 54.9 cm³/mol. The molecule has 1 saturated carbocycles. The lowest BCUT2D eigenvalue weighted by Gasteiger charge is -2.15. The SMILES string of the molecule is C.CC1CCCCC1.CCC. The Kier molecular flexibility index (Phi) is 12.3. The van der Waals surface area contributed by atoms with E-state index in [2.05, 4.69) is 20.8 Å². The lowest BCUT2D eigenvalue weighted by molar-refractivity contribution is 0.385. The van der Waals surface area contributed by atoms with E-state index in [-0.39, 0.29) is 7.43 Å². The molecular weight excluding hydrogens is 132 g/mol. The molecule has 0 bridgehead atoms. The summed E-state index contributed by atoms with van der Waals surface area (Å²) in [4.78, 5) is 0. The molecule has 1 aliphatic carbocycles. The summed E-state index contributed by atoms with van der Waals surface area (Å²) in [5.41, 5.74) is 0. The van der Waals surface area contributed by atoms with Gasteiger partial charge in [-0.2, -0.15) is 0 Å². The van der Waals surface area contributed by atoms with Gasteiger partial charge in [0.15, 0.2) is 0 Å². The third-order valence-corrected chi connectivity index (χ3v) is 1.89. The minimum Gasteiger partial charge on any atom is -0.0776 e. The van der Waals surface area contributed by atoms with E-state index in [1.165, 1.54) is 38.5 Å². The standard InChI is InChI=1S/C7H14.C3H8.CH4/c1-7-5-3-2-4-6-7;1-3-2;/h7H,2-6H2,1H3;3H2,1-2H3;1H4. The normalized spacial score (nSPS) is 17.7. The fraction of sp³-hybridized carbons (Fsp3) is 1.00. The van der Waals surface area contributed by atoms with Gasteiger partial charge in [-0.15, -0.1) is 0 Å². The Morgan fingerprint density at radius 1 is 1.00 bits per heavy atom. The maximum atomic E-state index is 2.36. The highest BCUT2D eigenvalue weighted by atomic mass is 14.1. The highest BCUT2D eigenvalue weighted by Gasteiger charge is 2.05. The largest absolute Gasteiger partial charge is 0.0776 e. The number of hydrogen-bond donors (Lipinski definition) is 0. The number of hydrogen-bond acceptors (Lipinski definition) is 0. The summed E-state index contributed by atoms with van der Waals surface area (Å²) in [5.74, 6) is 1.04. The average molecular weight is 158 g/mol. The minimum atomic E-state index is 0. The molecule has 0 heteroatoms. The molecular formula is C11H26. The molecule has 11 heavy (non-hydrogen) atoms. The van der Waals surface area contributed by atoms with Gasteiger partial charge in [-0.05, 0) is 5.92 Å². The van der Waals surface area contributed by atoms with Crippen LogP contribution in [0.3, 0.4) is 0 Å². The van der Waals surface area contributed by atoms with Gasteiger partial charge in [-0.3, -0.25) is 0 Å². The molecule has 0 amide bonds. The summed E-state index contributed by atoms with van der Waals surface area (Å²) in [6.07, 6.45) is 8.69. The Morgan fingerprint density at radius 3 is 1.55 bits per heavy atom. The summed E-state index contributed by atoms with van der Waals surface area (Å²) < 4.78 is 0. The molecule has 0 spiro atoms. The second-order valence-corrected chi connectivity index (χ2v) is 3.45. The van der Waals surface area contributed by atoms with Crippen LogP contribution in [0.4, 0.5) is 0 Å². The molecule has 0 radical (unpaired) electrons. The van der Waals surface area contributed by atoms with Gasteiger partial charge in [-0.1, -0.05) is 66.7 Å². The molecule has 0 aromatic heterocycles. The zero-order valence-electron chi connectivity index (χ0n) is 7.82. The van der Waals surface area contributed by atoms with Crippen LogP contribution in [-0.2, 0) is 0 Å². The Morgan fingerprint density at radius 2 is 1.36 bits per heavy atom. The van der Waals surface area contributed by atoms with E-state index in [1.807, 2.05) is 0 Å². The van der Waals surface area contributed by atoms with E-state index in [4.69, 9.17) is 0 Å². The Balaban J connectivity index is 0. The van der Waals surface area contributed by atoms with E-state index in [0.717, 1.165) is 5.92 Å². The molecule has 0 aliphatic heterocycles. The van der Waals surface area contributed by atoms with Crippen LogP contribution in [-0.4, -0.2) is 0 Å². The van der Waals surface area contributed by atoms with Crippen molar-refractivity contribution >= 4 is 0 Å².